The fourth-order valence-corrected chi connectivity index (χ4v) is 2.67. The van der Waals surface area contributed by atoms with E-state index in [0.717, 1.165) is 11.3 Å². The molecule has 0 saturated heterocycles. The number of aromatic nitrogens is 2. The average molecular weight is 294 g/mol. The van der Waals surface area contributed by atoms with Crippen LogP contribution in [0.15, 0.2) is 41.4 Å². The van der Waals surface area contributed by atoms with E-state index in [0.29, 0.717) is 12.8 Å². The van der Waals surface area contributed by atoms with Crippen LogP contribution in [0.5, 0.6) is 0 Å². The first-order valence-corrected chi connectivity index (χ1v) is 8.22. The van der Waals surface area contributed by atoms with E-state index < -0.39 is 15.9 Å². The van der Waals surface area contributed by atoms with Crippen molar-refractivity contribution in [2.75, 3.05) is 6.26 Å². The molecule has 1 aromatic carbocycles. The van der Waals surface area contributed by atoms with Gasteiger partial charge in [0.15, 0.2) is 9.84 Å². The number of aliphatic hydroxyl groups is 1. The van der Waals surface area contributed by atoms with Gasteiger partial charge in [0.1, 0.15) is 0 Å². The lowest BCUT2D eigenvalue weighted by molar-refractivity contribution is 0.167. The van der Waals surface area contributed by atoms with Crippen molar-refractivity contribution in [1.29, 1.82) is 0 Å². The first kappa shape index (κ1) is 14.7. The van der Waals surface area contributed by atoms with Crippen molar-refractivity contribution in [1.82, 2.24) is 9.78 Å². The van der Waals surface area contributed by atoms with Crippen LogP contribution in [0.3, 0.4) is 0 Å². The van der Waals surface area contributed by atoms with Crippen molar-refractivity contribution in [2.45, 2.75) is 23.8 Å². The van der Waals surface area contributed by atoms with E-state index >= 15 is 0 Å². The molecule has 2 aromatic rings. The summed E-state index contributed by atoms with van der Waals surface area (Å²) in [6.45, 7) is 0. The second kappa shape index (κ2) is 5.76. The predicted molar refractivity (Wildman–Crippen MR) is 76.0 cm³/mol. The Kier molecular flexibility index (Phi) is 4.25. The molecule has 0 aliphatic heterocycles. The zero-order chi connectivity index (χ0) is 14.8. The molecule has 2 rings (SSSR count). The maximum atomic E-state index is 11.4. The first-order chi connectivity index (χ1) is 9.38. The van der Waals surface area contributed by atoms with Crippen LogP contribution < -0.4 is 0 Å². The van der Waals surface area contributed by atoms with Crippen LogP contribution in [0.25, 0.3) is 0 Å². The predicted octanol–water partition coefficient (Wildman–Crippen LogP) is 1.49. The molecular formula is C14H18N2O3S. The van der Waals surface area contributed by atoms with Crippen LogP contribution in [0.1, 0.15) is 23.8 Å². The minimum Gasteiger partial charge on any atom is -0.388 e. The summed E-state index contributed by atoms with van der Waals surface area (Å²) in [5.41, 5.74) is 1.77. The van der Waals surface area contributed by atoms with Gasteiger partial charge in [-0.2, -0.15) is 5.10 Å². The van der Waals surface area contributed by atoms with Crippen molar-refractivity contribution < 1.29 is 13.5 Å². The minimum absolute atomic E-state index is 0.264. The SMILES string of the molecule is Cn1nccc1CCC(O)c1ccc(S(C)(=O)=O)cc1. The Morgan fingerprint density at radius 2 is 1.90 bits per heavy atom. The number of nitrogens with zero attached hydrogens (tertiary/aromatic N) is 2. The van der Waals surface area contributed by atoms with Crippen molar-refractivity contribution >= 4 is 9.84 Å². The summed E-state index contributed by atoms with van der Waals surface area (Å²) >= 11 is 0. The summed E-state index contributed by atoms with van der Waals surface area (Å²) in [6.07, 6.45) is 3.56. The van der Waals surface area contributed by atoms with Crippen LogP contribution in [0.4, 0.5) is 0 Å². The van der Waals surface area contributed by atoms with Crippen LogP contribution in [0.2, 0.25) is 0 Å². The van der Waals surface area contributed by atoms with Gasteiger partial charge in [0.2, 0.25) is 0 Å². The third-order valence-electron chi connectivity index (χ3n) is 3.29. The summed E-state index contributed by atoms with van der Waals surface area (Å²) < 4.78 is 24.5. The second-order valence-corrected chi connectivity index (χ2v) is 6.86. The van der Waals surface area contributed by atoms with Gasteiger partial charge in [-0.15, -0.1) is 0 Å². The third kappa shape index (κ3) is 3.46. The molecule has 0 amide bonds. The van der Waals surface area contributed by atoms with Gasteiger partial charge in [0, 0.05) is 25.2 Å². The molecule has 6 heteroatoms. The molecule has 5 nitrogen and oxygen atoms in total. The highest BCUT2D eigenvalue weighted by atomic mass is 32.2. The summed E-state index contributed by atoms with van der Waals surface area (Å²) in [7, 11) is -1.33. The van der Waals surface area contributed by atoms with Gasteiger partial charge in [-0.1, -0.05) is 12.1 Å². The molecule has 0 saturated carbocycles. The van der Waals surface area contributed by atoms with Crippen LogP contribution >= 0.6 is 0 Å². The van der Waals surface area contributed by atoms with Crippen molar-refractivity contribution in [3.63, 3.8) is 0 Å². The van der Waals surface area contributed by atoms with Gasteiger partial charge < -0.3 is 5.11 Å². The smallest absolute Gasteiger partial charge is 0.175 e. The lowest BCUT2D eigenvalue weighted by atomic mass is 10.0. The second-order valence-electron chi connectivity index (χ2n) is 4.84. The number of rotatable bonds is 5. The maximum absolute atomic E-state index is 11.4. The molecule has 0 radical (unpaired) electrons. The Morgan fingerprint density at radius 1 is 1.25 bits per heavy atom. The monoisotopic (exact) mass is 294 g/mol. The van der Waals surface area contributed by atoms with Crippen molar-refractivity contribution in [3.8, 4) is 0 Å². The van der Waals surface area contributed by atoms with Crippen molar-refractivity contribution in [3.05, 3.63) is 47.8 Å². The largest absolute Gasteiger partial charge is 0.388 e. The number of sulfone groups is 1. The van der Waals surface area contributed by atoms with E-state index in [1.807, 2.05) is 13.1 Å². The molecule has 1 atom stereocenters. The fourth-order valence-electron chi connectivity index (χ4n) is 2.03. The lowest BCUT2D eigenvalue weighted by Crippen LogP contribution is -2.04. The molecule has 1 N–H and O–H groups in total. The molecule has 0 bridgehead atoms. The highest BCUT2D eigenvalue weighted by Crippen LogP contribution is 2.20. The number of hydrogen-bond donors (Lipinski definition) is 1. The van der Waals surface area contributed by atoms with E-state index in [9.17, 15) is 13.5 Å². The quantitative estimate of drug-likeness (QED) is 0.907. The Balaban J connectivity index is 2.03. The highest BCUT2D eigenvalue weighted by molar-refractivity contribution is 7.90. The first-order valence-electron chi connectivity index (χ1n) is 6.33. The summed E-state index contributed by atoms with van der Waals surface area (Å²) in [5.74, 6) is 0. The lowest BCUT2D eigenvalue weighted by Gasteiger charge is -2.11. The van der Waals surface area contributed by atoms with Gasteiger partial charge in [-0.3, -0.25) is 4.68 Å². The number of hydrogen-bond acceptors (Lipinski definition) is 4. The number of aryl methyl sites for hydroxylation is 2. The van der Waals surface area contributed by atoms with Crippen molar-refractivity contribution in [2.24, 2.45) is 7.05 Å². The van der Waals surface area contributed by atoms with E-state index in [1.165, 1.54) is 18.4 Å². The molecule has 1 unspecified atom stereocenters. The normalized spacial score (nSPS) is 13.3. The van der Waals surface area contributed by atoms with Crippen LogP contribution in [-0.2, 0) is 23.3 Å². The Labute approximate surface area is 118 Å². The van der Waals surface area contributed by atoms with E-state index in [2.05, 4.69) is 5.10 Å². The molecule has 20 heavy (non-hydrogen) atoms. The Bertz CT molecular complexity index is 675. The Morgan fingerprint density at radius 3 is 2.40 bits per heavy atom. The van der Waals surface area contributed by atoms with Gasteiger partial charge in [-0.25, -0.2) is 8.42 Å². The van der Waals surface area contributed by atoms with Crippen LogP contribution in [0, 0.1) is 0 Å². The standard InChI is InChI=1S/C14H18N2O3S/c1-16-12(9-10-15-16)5-8-14(17)11-3-6-13(7-4-11)20(2,18)19/h3-4,6-7,9-10,14,17H,5,8H2,1-2H3. The van der Waals surface area contributed by atoms with Gasteiger partial charge in [0.25, 0.3) is 0 Å². The van der Waals surface area contributed by atoms with Gasteiger partial charge in [0.05, 0.1) is 11.0 Å². The Hall–Kier alpha value is -1.66. The third-order valence-corrected chi connectivity index (χ3v) is 4.42. The highest BCUT2D eigenvalue weighted by Gasteiger charge is 2.11. The van der Waals surface area contributed by atoms with E-state index in [1.54, 1.807) is 23.0 Å². The molecule has 108 valence electrons. The summed E-state index contributed by atoms with van der Waals surface area (Å²) in [6, 6.07) is 8.28. The summed E-state index contributed by atoms with van der Waals surface area (Å²) in [4.78, 5) is 0.264. The van der Waals surface area contributed by atoms with E-state index in [4.69, 9.17) is 0 Å². The maximum Gasteiger partial charge on any atom is 0.175 e. The molecular weight excluding hydrogens is 276 g/mol. The van der Waals surface area contributed by atoms with E-state index in [-0.39, 0.29) is 4.90 Å². The molecule has 0 spiro atoms. The number of aliphatic hydroxyl groups excluding tert-OH is 1. The fraction of sp³-hybridized carbons (Fsp3) is 0.357. The summed E-state index contributed by atoms with van der Waals surface area (Å²) in [5, 5.41) is 14.2. The minimum atomic E-state index is -3.19. The zero-order valence-electron chi connectivity index (χ0n) is 11.5. The molecule has 0 aliphatic carbocycles. The van der Waals surface area contributed by atoms with Gasteiger partial charge >= 0.3 is 0 Å². The molecule has 0 fully saturated rings. The number of benzene rings is 1. The average Bonchev–Trinajstić information content (AvgIpc) is 2.81. The topological polar surface area (TPSA) is 72.2 Å². The van der Waals surface area contributed by atoms with Crippen LogP contribution in [-0.4, -0.2) is 29.6 Å². The zero-order valence-corrected chi connectivity index (χ0v) is 12.3. The molecule has 0 aliphatic rings. The van der Waals surface area contributed by atoms with Gasteiger partial charge in [-0.05, 0) is 36.6 Å². The molecule has 1 heterocycles. The molecule has 1 aromatic heterocycles.